The topological polar surface area (TPSA) is 50.1 Å². The first kappa shape index (κ1) is 22.9. The van der Waals surface area contributed by atoms with Gasteiger partial charge in [-0.25, -0.2) is 0 Å². The van der Waals surface area contributed by atoms with E-state index in [1.54, 1.807) is 6.07 Å². The van der Waals surface area contributed by atoms with E-state index in [1.807, 2.05) is 78.9 Å². The van der Waals surface area contributed by atoms with Crippen LogP contribution in [0.15, 0.2) is 109 Å². The van der Waals surface area contributed by atoms with Crippen LogP contribution in [-0.4, -0.2) is 13.1 Å². The SMILES string of the molecule is COC(=O)c1ccccc1P(Br)(Cc1cccc(C#N)c1)(c1ccccc1)c1ccccc1. The van der Waals surface area contributed by atoms with Crippen LogP contribution in [0.1, 0.15) is 21.5 Å². The Bertz CT molecular complexity index is 1290. The second-order valence-electron chi connectivity index (χ2n) is 7.83. The summed E-state index contributed by atoms with van der Waals surface area (Å²) in [6.45, 7) is 0. The van der Waals surface area contributed by atoms with Gasteiger partial charge in [0.25, 0.3) is 0 Å². The molecule has 0 saturated heterocycles. The first-order valence-corrected chi connectivity index (χ1v) is 15.0. The van der Waals surface area contributed by atoms with Crippen molar-refractivity contribution in [3.63, 3.8) is 0 Å². The number of hydrogen-bond donors (Lipinski definition) is 0. The van der Waals surface area contributed by atoms with Crippen molar-refractivity contribution in [2.45, 2.75) is 6.16 Å². The Morgan fingerprint density at radius 3 is 2.00 bits per heavy atom. The van der Waals surface area contributed by atoms with E-state index in [0.717, 1.165) is 21.5 Å². The van der Waals surface area contributed by atoms with E-state index in [4.69, 9.17) is 4.74 Å². The van der Waals surface area contributed by atoms with Crippen LogP contribution in [0.5, 0.6) is 0 Å². The van der Waals surface area contributed by atoms with E-state index in [0.29, 0.717) is 17.3 Å². The molecule has 0 aliphatic heterocycles. The Hall–Kier alpha value is -3.25. The van der Waals surface area contributed by atoms with Gasteiger partial charge in [-0.05, 0) is 0 Å². The van der Waals surface area contributed by atoms with Gasteiger partial charge in [0.2, 0.25) is 0 Å². The van der Waals surface area contributed by atoms with Crippen molar-refractivity contribution in [2.24, 2.45) is 0 Å². The summed E-state index contributed by atoms with van der Waals surface area (Å²) in [5, 5.41) is 9.15. The standard InChI is InChI=1S/C28H23BrNO2P/c1-32-28(31)26-17-8-9-18-27(26)33(29,24-13-4-2-5-14-24,25-15-6-3-7-16-25)21-23-12-10-11-22(19-23)20-30/h2-19H,21H2,1H3. The number of ether oxygens (including phenoxy) is 1. The summed E-state index contributed by atoms with van der Waals surface area (Å²) >= 11 is 4.39. The van der Waals surface area contributed by atoms with Gasteiger partial charge in [0.15, 0.2) is 0 Å². The Kier molecular flexibility index (Phi) is 6.47. The van der Waals surface area contributed by atoms with Gasteiger partial charge in [-0.3, -0.25) is 0 Å². The summed E-state index contributed by atoms with van der Waals surface area (Å²) in [7, 11) is 1.41. The van der Waals surface area contributed by atoms with Crippen LogP contribution >= 0.6 is 20.8 Å². The summed E-state index contributed by atoms with van der Waals surface area (Å²) in [4.78, 5) is 13.0. The molecular formula is C28H23BrNO2P. The van der Waals surface area contributed by atoms with Crippen LogP contribution in [-0.2, 0) is 10.9 Å². The number of benzene rings is 4. The quantitative estimate of drug-likeness (QED) is 0.245. The van der Waals surface area contributed by atoms with Gasteiger partial charge < -0.3 is 0 Å². The van der Waals surface area contributed by atoms with Crippen molar-refractivity contribution in [3.8, 4) is 6.07 Å². The minimum absolute atomic E-state index is 0.378. The molecule has 0 N–H and O–H groups in total. The van der Waals surface area contributed by atoms with Crippen molar-refractivity contribution >= 4 is 42.7 Å². The molecule has 4 aromatic carbocycles. The van der Waals surface area contributed by atoms with E-state index in [1.165, 1.54) is 7.11 Å². The summed E-state index contributed by atoms with van der Waals surface area (Å²) in [5.74, 6) is -0.378. The van der Waals surface area contributed by atoms with Gasteiger partial charge in [-0.15, -0.1) is 0 Å². The summed E-state index contributed by atoms with van der Waals surface area (Å²) < 4.78 is 5.19. The molecule has 0 amide bonds. The third kappa shape index (κ3) is 4.00. The Labute approximate surface area is 202 Å². The third-order valence-electron chi connectivity index (χ3n) is 5.94. The fourth-order valence-corrected chi connectivity index (χ4v) is 12.6. The van der Waals surface area contributed by atoms with Crippen molar-refractivity contribution in [1.29, 1.82) is 5.26 Å². The van der Waals surface area contributed by atoms with Gasteiger partial charge in [0.05, 0.1) is 0 Å². The number of nitrogens with zero attached hydrogens (tertiary/aromatic N) is 1. The molecule has 0 aromatic heterocycles. The fraction of sp³-hybridized carbons (Fsp3) is 0.0714. The molecule has 0 bridgehead atoms. The van der Waals surface area contributed by atoms with Crippen LogP contribution < -0.4 is 15.9 Å². The monoisotopic (exact) mass is 515 g/mol. The molecule has 0 spiro atoms. The molecule has 5 heteroatoms. The molecule has 0 aliphatic rings. The van der Waals surface area contributed by atoms with E-state index >= 15 is 0 Å². The first-order valence-electron chi connectivity index (χ1n) is 10.5. The first-order chi connectivity index (χ1) is 16.0. The van der Waals surface area contributed by atoms with Crippen molar-refractivity contribution < 1.29 is 9.53 Å². The number of carbonyl (C=O) groups excluding carboxylic acids is 1. The van der Waals surface area contributed by atoms with Gasteiger partial charge in [-0.1, -0.05) is 0 Å². The molecule has 0 atom stereocenters. The normalized spacial score (nSPS) is 12.2. The predicted molar refractivity (Wildman–Crippen MR) is 140 cm³/mol. The number of esters is 1. The molecule has 0 heterocycles. The predicted octanol–water partition coefficient (Wildman–Crippen LogP) is 5.68. The minimum atomic E-state index is -3.45. The van der Waals surface area contributed by atoms with E-state index < -0.39 is 5.31 Å². The number of methoxy groups -OCH3 is 1. The summed E-state index contributed by atoms with van der Waals surface area (Å²) in [5.41, 5.74) is 2.14. The molecule has 0 fully saturated rings. The van der Waals surface area contributed by atoms with Crippen molar-refractivity contribution in [3.05, 3.63) is 126 Å². The molecule has 0 aliphatic carbocycles. The Morgan fingerprint density at radius 2 is 1.42 bits per heavy atom. The maximum absolute atomic E-state index is 13.0. The third-order valence-corrected chi connectivity index (χ3v) is 15.4. The van der Waals surface area contributed by atoms with Crippen LogP contribution in [0.3, 0.4) is 0 Å². The van der Waals surface area contributed by atoms with E-state index in [-0.39, 0.29) is 5.97 Å². The number of hydrogen-bond acceptors (Lipinski definition) is 3. The van der Waals surface area contributed by atoms with Crippen molar-refractivity contribution in [1.82, 2.24) is 0 Å². The fourth-order valence-electron chi connectivity index (χ4n) is 4.42. The molecule has 0 saturated carbocycles. The van der Waals surface area contributed by atoms with E-state index in [9.17, 15) is 10.1 Å². The average molecular weight is 516 g/mol. The molecule has 4 rings (SSSR count). The molecule has 0 radical (unpaired) electrons. The number of rotatable bonds is 6. The van der Waals surface area contributed by atoms with Gasteiger partial charge in [0, 0.05) is 0 Å². The Morgan fingerprint density at radius 1 is 0.848 bits per heavy atom. The maximum atomic E-state index is 13.0. The van der Waals surface area contributed by atoms with E-state index in [2.05, 4.69) is 45.8 Å². The summed E-state index contributed by atoms with van der Waals surface area (Å²) in [6, 6.07) is 38.1. The van der Waals surface area contributed by atoms with Crippen LogP contribution in [0.2, 0.25) is 0 Å². The zero-order valence-electron chi connectivity index (χ0n) is 18.2. The summed E-state index contributed by atoms with van der Waals surface area (Å²) in [6.07, 6.45) is 0.586. The molecule has 164 valence electrons. The molecular weight excluding hydrogens is 493 g/mol. The number of carbonyl (C=O) groups is 1. The second kappa shape index (κ2) is 9.32. The van der Waals surface area contributed by atoms with Crippen molar-refractivity contribution in [2.75, 3.05) is 7.11 Å². The van der Waals surface area contributed by atoms with Gasteiger partial charge >= 0.3 is 203 Å². The molecule has 33 heavy (non-hydrogen) atoms. The van der Waals surface area contributed by atoms with Gasteiger partial charge in [0.1, 0.15) is 0 Å². The number of nitriles is 1. The van der Waals surface area contributed by atoms with Crippen LogP contribution in [0, 0.1) is 11.3 Å². The van der Waals surface area contributed by atoms with Crippen LogP contribution in [0.25, 0.3) is 0 Å². The van der Waals surface area contributed by atoms with Gasteiger partial charge in [-0.2, -0.15) is 0 Å². The Balaban J connectivity index is 2.16. The average Bonchev–Trinajstić information content (AvgIpc) is 2.89. The molecule has 3 nitrogen and oxygen atoms in total. The zero-order chi connectivity index (χ0) is 23.3. The molecule has 0 unspecified atom stereocenters. The van der Waals surface area contributed by atoms with Crippen LogP contribution in [0.4, 0.5) is 0 Å². The zero-order valence-corrected chi connectivity index (χ0v) is 20.7. The molecule has 4 aromatic rings. The second-order valence-corrected chi connectivity index (χ2v) is 16.7. The number of halogens is 1.